The van der Waals surface area contributed by atoms with Crippen molar-refractivity contribution in [2.24, 2.45) is 0 Å². The number of halogens is 2. The first-order valence-corrected chi connectivity index (χ1v) is 6.34. The van der Waals surface area contributed by atoms with Crippen LogP contribution in [-0.2, 0) is 0 Å². The lowest BCUT2D eigenvalue weighted by molar-refractivity contribution is 0.439. The second-order valence-corrected chi connectivity index (χ2v) is 4.73. The fourth-order valence-corrected chi connectivity index (χ4v) is 2.22. The molecule has 0 atom stereocenters. The molecule has 1 aromatic heterocycles. The largest absolute Gasteiger partial charge is 0.367 e. The molecule has 0 saturated carbocycles. The number of hydrogen-bond acceptors (Lipinski definition) is 3. The van der Waals surface area contributed by atoms with Crippen LogP contribution in [0.15, 0.2) is 47.0 Å². The summed E-state index contributed by atoms with van der Waals surface area (Å²) in [6.07, 6.45) is 0. The van der Waals surface area contributed by atoms with Gasteiger partial charge in [-0.25, -0.2) is 8.78 Å². The summed E-state index contributed by atoms with van der Waals surface area (Å²) in [4.78, 5) is 0. The molecule has 0 saturated heterocycles. The highest BCUT2D eigenvalue weighted by Gasteiger charge is 2.22. The minimum absolute atomic E-state index is 0.0462. The van der Waals surface area contributed by atoms with Crippen molar-refractivity contribution in [1.29, 1.82) is 0 Å². The quantitative estimate of drug-likeness (QED) is 0.769. The Bertz CT molecular complexity index is 812. The van der Waals surface area contributed by atoms with E-state index in [4.69, 9.17) is 10.3 Å². The molecule has 3 nitrogen and oxygen atoms in total. The summed E-state index contributed by atoms with van der Waals surface area (Å²) in [5.74, 6) is -0.975. The first kappa shape index (κ1) is 13.3. The van der Waals surface area contributed by atoms with Crippen LogP contribution in [0.2, 0.25) is 0 Å². The Labute approximate surface area is 120 Å². The monoisotopic (exact) mass is 286 g/mol. The number of benzene rings is 2. The van der Waals surface area contributed by atoms with Crippen LogP contribution in [0.3, 0.4) is 0 Å². The predicted octanol–water partition coefficient (Wildman–Crippen LogP) is 4.18. The van der Waals surface area contributed by atoms with E-state index in [1.165, 1.54) is 12.1 Å². The van der Waals surface area contributed by atoms with Gasteiger partial charge >= 0.3 is 0 Å². The average molecular weight is 286 g/mol. The minimum Gasteiger partial charge on any atom is -0.367 e. The molecule has 0 aliphatic carbocycles. The number of rotatable bonds is 2. The number of aryl methyl sites for hydroxylation is 1. The first-order chi connectivity index (χ1) is 10.1. The lowest BCUT2D eigenvalue weighted by Crippen LogP contribution is -1.92. The van der Waals surface area contributed by atoms with E-state index in [2.05, 4.69) is 5.16 Å². The van der Waals surface area contributed by atoms with E-state index in [1.807, 2.05) is 0 Å². The molecule has 106 valence electrons. The highest BCUT2D eigenvalue weighted by Crippen LogP contribution is 2.38. The van der Waals surface area contributed by atoms with E-state index in [0.717, 1.165) is 5.56 Å². The molecule has 0 spiro atoms. The highest BCUT2D eigenvalue weighted by atomic mass is 19.1. The summed E-state index contributed by atoms with van der Waals surface area (Å²) in [5, 5.41) is 3.79. The maximum Gasteiger partial charge on any atom is 0.230 e. The van der Waals surface area contributed by atoms with Crippen molar-refractivity contribution in [3.8, 4) is 22.4 Å². The SMILES string of the molecule is Cc1ccc(-c2noc(N)c2-c2ccccc2F)c(F)c1. The standard InChI is InChI=1S/C16H12F2N2O/c1-9-6-7-11(13(18)8-9)15-14(16(19)21-20-15)10-4-2-3-5-12(10)17/h2-8H,19H2,1H3. The van der Waals surface area contributed by atoms with Gasteiger partial charge in [0.15, 0.2) is 0 Å². The van der Waals surface area contributed by atoms with Gasteiger partial charge in [-0.1, -0.05) is 29.4 Å². The van der Waals surface area contributed by atoms with Gasteiger partial charge in [0, 0.05) is 11.1 Å². The van der Waals surface area contributed by atoms with Gasteiger partial charge in [0.05, 0.1) is 5.56 Å². The molecule has 0 aliphatic rings. The fourth-order valence-electron chi connectivity index (χ4n) is 2.22. The lowest BCUT2D eigenvalue weighted by Gasteiger charge is -2.05. The molecule has 0 aliphatic heterocycles. The van der Waals surface area contributed by atoms with Crippen LogP contribution < -0.4 is 5.73 Å². The number of hydrogen-bond donors (Lipinski definition) is 1. The molecule has 2 N–H and O–H groups in total. The Morgan fingerprint density at radius 1 is 1.00 bits per heavy atom. The van der Waals surface area contributed by atoms with Gasteiger partial charge < -0.3 is 10.3 Å². The molecule has 0 amide bonds. The third-order valence-corrected chi connectivity index (χ3v) is 3.24. The second kappa shape index (κ2) is 5.01. The van der Waals surface area contributed by atoms with E-state index in [0.29, 0.717) is 0 Å². The summed E-state index contributed by atoms with van der Waals surface area (Å²) in [7, 11) is 0. The molecule has 21 heavy (non-hydrogen) atoms. The van der Waals surface area contributed by atoms with E-state index < -0.39 is 11.6 Å². The molecule has 0 fully saturated rings. The van der Waals surface area contributed by atoms with E-state index >= 15 is 0 Å². The summed E-state index contributed by atoms with van der Waals surface area (Å²) in [5.41, 5.74) is 7.42. The summed E-state index contributed by atoms with van der Waals surface area (Å²) >= 11 is 0. The van der Waals surface area contributed by atoms with Gasteiger partial charge in [0.1, 0.15) is 17.3 Å². The van der Waals surface area contributed by atoms with Gasteiger partial charge in [-0.2, -0.15) is 0 Å². The van der Waals surface area contributed by atoms with Crippen LogP contribution in [0.5, 0.6) is 0 Å². The number of aromatic nitrogens is 1. The van der Waals surface area contributed by atoms with E-state index in [9.17, 15) is 8.78 Å². The van der Waals surface area contributed by atoms with Gasteiger partial charge in [-0.3, -0.25) is 0 Å². The predicted molar refractivity (Wildman–Crippen MR) is 76.4 cm³/mol. The van der Waals surface area contributed by atoms with Crippen molar-refractivity contribution in [3.05, 3.63) is 59.7 Å². The van der Waals surface area contributed by atoms with Crippen molar-refractivity contribution in [1.82, 2.24) is 5.16 Å². The van der Waals surface area contributed by atoms with Crippen LogP contribution in [0.4, 0.5) is 14.7 Å². The average Bonchev–Trinajstić information content (AvgIpc) is 2.81. The minimum atomic E-state index is -0.471. The van der Waals surface area contributed by atoms with Gasteiger partial charge in [-0.05, 0) is 30.7 Å². The summed E-state index contributed by atoms with van der Waals surface area (Å²) in [6, 6.07) is 10.8. The Hall–Kier alpha value is -2.69. The number of anilines is 1. The molecule has 0 radical (unpaired) electrons. The highest BCUT2D eigenvalue weighted by molar-refractivity contribution is 5.87. The molecular weight excluding hydrogens is 274 g/mol. The molecular formula is C16H12F2N2O. The Morgan fingerprint density at radius 3 is 2.48 bits per heavy atom. The zero-order chi connectivity index (χ0) is 15.0. The van der Waals surface area contributed by atoms with E-state index in [-0.39, 0.29) is 28.3 Å². The van der Waals surface area contributed by atoms with Crippen molar-refractivity contribution < 1.29 is 13.3 Å². The Balaban J connectivity index is 2.25. The van der Waals surface area contributed by atoms with Crippen LogP contribution in [0.25, 0.3) is 22.4 Å². The third kappa shape index (κ3) is 2.27. The van der Waals surface area contributed by atoms with Crippen molar-refractivity contribution in [3.63, 3.8) is 0 Å². The number of nitrogens with two attached hydrogens (primary N) is 1. The maximum absolute atomic E-state index is 14.1. The topological polar surface area (TPSA) is 52.0 Å². The van der Waals surface area contributed by atoms with Crippen LogP contribution in [0.1, 0.15) is 5.56 Å². The van der Waals surface area contributed by atoms with Gasteiger partial charge in [0.25, 0.3) is 0 Å². The smallest absolute Gasteiger partial charge is 0.230 e. The first-order valence-electron chi connectivity index (χ1n) is 6.34. The Morgan fingerprint density at radius 2 is 1.76 bits per heavy atom. The number of nitrogens with zero attached hydrogens (tertiary/aromatic N) is 1. The van der Waals surface area contributed by atoms with Crippen LogP contribution >= 0.6 is 0 Å². The lowest BCUT2D eigenvalue weighted by atomic mass is 9.99. The Kier molecular flexibility index (Phi) is 3.17. The zero-order valence-electron chi connectivity index (χ0n) is 11.2. The summed E-state index contributed by atoms with van der Waals surface area (Å²) in [6.45, 7) is 1.78. The molecule has 2 aromatic carbocycles. The number of nitrogen functional groups attached to an aromatic ring is 1. The molecule has 3 rings (SSSR count). The van der Waals surface area contributed by atoms with Crippen LogP contribution in [-0.4, -0.2) is 5.16 Å². The third-order valence-electron chi connectivity index (χ3n) is 3.24. The molecule has 0 bridgehead atoms. The maximum atomic E-state index is 14.1. The summed E-state index contributed by atoms with van der Waals surface area (Å²) < 4.78 is 33.0. The zero-order valence-corrected chi connectivity index (χ0v) is 11.2. The fraction of sp³-hybridized carbons (Fsp3) is 0.0625. The molecule has 5 heteroatoms. The van der Waals surface area contributed by atoms with Gasteiger partial charge in [-0.15, -0.1) is 0 Å². The van der Waals surface area contributed by atoms with Gasteiger partial charge in [0.2, 0.25) is 5.88 Å². The van der Waals surface area contributed by atoms with Crippen molar-refractivity contribution in [2.75, 3.05) is 5.73 Å². The van der Waals surface area contributed by atoms with E-state index in [1.54, 1.807) is 37.3 Å². The molecule has 3 aromatic rings. The molecule has 0 unspecified atom stereocenters. The second-order valence-electron chi connectivity index (χ2n) is 4.73. The van der Waals surface area contributed by atoms with Crippen LogP contribution in [0, 0.1) is 18.6 Å². The van der Waals surface area contributed by atoms with Crippen molar-refractivity contribution in [2.45, 2.75) is 6.92 Å². The molecule has 1 heterocycles. The normalized spacial score (nSPS) is 10.8. The van der Waals surface area contributed by atoms with Crippen molar-refractivity contribution >= 4 is 5.88 Å².